The predicted octanol–water partition coefficient (Wildman–Crippen LogP) is 4.05. The smallest absolute Gasteiger partial charge is 0.255 e. The van der Waals surface area contributed by atoms with Crippen LogP contribution in [-0.4, -0.2) is 35.4 Å². The first kappa shape index (κ1) is 17.1. The van der Waals surface area contributed by atoms with Gasteiger partial charge >= 0.3 is 0 Å². The van der Waals surface area contributed by atoms with Crippen LogP contribution in [-0.2, 0) is 13.0 Å². The Morgan fingerprint density at radius 1 is 1.08 bits per heavy atom. The molecule has 1 aromatic carbocycles. The van der Waals surface area contributed by atoms with Crippen molar-refractivity contribution in [2.45, 2.75) is 51.1 Å². The van der Waals surface area contributed by atoms with Crippen LogP contribution in [0.4, 0.5) is 5.82 Å². The van der Waals surface area contributed by atoms with Crippen molar-refractivity contribution in [2.75, 3.05) is 18.5 Å². The summed E-state index contributed by atoms with van der Waals surface area (Å²) in [4.78, 5) is 21.6. The number of fused-ring (bicyclic) bond motifs is 1. The standard InChI is InChI=1S/C22H27N3O/c1-24(20-9-3-2-4-10-20)22(26)18-11-12-21(23-15-18)25-14-13-17-7-5-6-8-19(17)16-25/h5-8,11-12,15,20H,2-4,9-10,13-14,16H2,1H3. The minimum atomic E-state index is 0.0972. The first-order valence-electron chi connectivity index (χ1n) is 9.77. The van der Waals surface area contributed by atoms with Gasteiger partial charge in [-0.25, -0.2) is 4.98 Å². The van der Waals surface area contributed by atoms with Gasteiger partial charge in [-0.1, -0.05) is 43.5 Å². The molecule has 4 heteroatoms. The zero-order valence-electron chi connectivity index (χ0n) is 15.5. The molecule has 4 nitrogen and oxygen atoms in total. The maximum absolute atomic E-state index is 12.8. The van der Waals surface area contributed by atoms with E-state index in [9.17, 15) is 4.79 Å². The molecular formula is C22H27N3O. The Kier molecular flexibility index (Phi) is 4.91. The maximum atomic E-state index is 12.8. The Morgan fingerprint density at radius 3 is 2.58 bits per heavy atom. The fraction of sp³-hybridized carbons (Fsp3) is 0.455. The third kappa shape index (κ3) is 3.46. The van der Waals surface area contributed by atoms with Crippen molar-refractivity contribution in [3.8, 4) is 0 Å². The summed E-state index contributed by atoms with van der Waals surface area (Å²) in [5.74, 6) is 1.05. The van der Waals surface area contributed by atoms with Crippen molar-refractivity contribution >= 4 is 11.7 Å². The van der Waals surface area contributed by atoms with Gasteiger partial charge in [0.05, 0.1) is 5.56 Å². The van der Waals surface area contributed by atoms with Crippen molar-refractivity contribution in [1.29, 1.82) is 0 Å². The number of nitrogens with zero attached hydrogens (tertiary/aromatic N) is 3. The summed E-state index contributed by atoms with van der Waals surface area (Å²) in [7, 11) is 1.94. The average Bonchev–Trinajstić information content (AvgIpc) is 2.73. The fourth-order valence-corrected chi connectivity index (χ4v) is 4.23. The van der Waals surface area contributed by atoms with Crippen molar-refractivity contribution in [3.63, 3.8) is 0 Å². The number of hydrogen-bond acceptors (Lipinski definition) is 3. The molecule has 0 unspecified atom stereocenters. The summed E-state index contributed by atoms with van der Waals surface area (Å²) in [6.07, 6.45) is 8.81. The molecule has 136 valence electrons. The van der Waals surface area contributed by atoms with E-state index in [2.05, 4.69) is 34.1 Å². The third-order valence-electron chi connectivity index (χ3n) is 5.89. The summed E-state index contributed by atoms with van der Waals surface area (Å²) < 4.78 is 0. The highest BCUT2D eigenvalue weighted by Gasteiger charge is 2.23. The largest absolute Gasteiger partial charge is 0.352 e. The molecule has 26 heavy (non-hydrogen) atoms. The Morgan fingerprint density at radius 2 is 1.85 bits per heavy atom. The van der Waals surface area contributed by atoms with E-state index >= 15 is 0 Å². The molecule has 2 aromatic rings. The molecule has 1 amide bonds. The van der Waals surface area contributed by atoms with E-state index in [-0.39, 0.29) is 5.91 Å². The molecule has 1 fully saturated rings. The van der Waals surface area contributed by atoms with Crippen LogP contribution >= 0.6 is 0 Å². The number of rotatable bonds is 3. The Bertz CT molecular complexity index is 765. The second-order valence-corrected chi connectivity index (χ2v) is 7.55. The highest BCUT2D eigenvalue weighted by molar-refractivity contribution is 5.94. The minimum absolute atomic E-state index is 0.0972. The van der Waals surface area contributed by atoms with Crippen molar-refractivity contribution < 1.29 is 4.79 Å². The lowest BCUT2D eigenvalue weighted by atomic mass is 9.94. The van der Waals surface area contributed by atoms with Gasteiger partial charge in [0, 0.05) is 32.4 Å². The van der Waals surface area contributed by atoms with E-state index in [1.165, 1.54) is 30.4 Å². The molecule has 2 aliphatic rings. The van der Waals surface area contributed by atoms with E-state index in [0.29, 0.717) is 11.6 Å². The van der Waals surface area contributed by atoms with E-state index in [4.69, 9.17) is 0 Å². The predicted molar refractivity (Wildman–Crippen MR) is 104 cm³/mol. The van der Waals surface area contributed by atoms with Gasteiger partial charge in [0.25, 0.3) is 5.91 Å². The lowest BCUT2D eigenvalue weighted by molar-refractivity contribution is 0.0696. The van der Waals surface area contributed by atoms with Gasteiger partial charge in [-0.15, -0.1) is 0 Å². The lowest BCUT2D eigenvalue weighted by Gasteiger charge is -2.31. The topological polar surface area (TPSA) is 36.4 Å². The maximum Gasteiger partial charge on any atom is 0.255 e. The molecule has 1 aliphatic heterocycles. The molecule has 0 N–H and O–H groups in total. The van der Waals surface area contributed by atoms with Crippen molar-refractivity contribution in [3.05, 3.63) is 59.3 Å². The first-order valence-corrected chi connectivity index (χ1v) is 9.77. The average molecular weight is 349 g/mol. The number of amides is 1. The molecular weight excluding hydrogens is 322 g/mol. The number of anilines is 1. The molecule has 1 saturated carbocycles. The first-order chi connectivity index (χ1) is 12.7. The zero-order chi connectivity index (χ0) is 17.9. The highest BCUT2D eigenvalue weighted by Crippen LogP contribution is 2.25. The minimum Gasteiger partial charge on any atom is -0.352 e. The second kappa shape index (κ2) is 7.48. The van der Waals surface area contributed by atoms with Gasteiger partial charge in [-0.2, -0.15) is 0 Å². The SMILES string of the molecule is CN(C(=O)c1ccc(N2CCc3ccccc3C2)nc1)C1CCCCC1. The molecule has 0 saturated heterocycles. The molecule has 0 bridgehead atoms. The number of aromatic nitrogens is 1. The number of hydrogen-bond donors (Lipinski definition) is 0. The number of carbonyl (C=O) groups excluding carboxylic acids is 1. The zero-order valence-corrected chi connectivity index (χ0v) is 15.5. The molecule has 1 aromatic heterocycles. The van der Waals surface area contributed by atoms with Crippen LogP contribution < -0.4 is 4.90 Å². The van der Waals surface area contributed by atoms with Crippen LogP contribution in [0.2, 0.25) is 0 Å². The van der Waals surface area contributed by atoms with E-state index in [1.54, 1.807) is 6.20 Å². The molecule has 2 heterocycles. The number of pyridine rings is 1. The number of carbonyl (C=O) groups is 1. The van der Waals surface area contributed by atoms with Crippen LogP contribution in [0.5, 0.6) is 0 Å². The molecule has 1 aliphatic carbocycles. The van der Waals surface area contributed by atoms with Crippen LogP contribution in [0, 0.1) is 0 Å². The number of benzene rings is 1. The van der Waals surface area contributed by atoms with Crippen LogP contribution in [0.1, 0.15) is 53.6 Å². The Hall–Kier alpha value is -2.36. The van der Waals surface area contributed by atoms with Crippen molar-refractivity contribution in [1.82, 2.24) is 9.88 Å². The lowest BCUT2D eigenvalue weighted by Crippen LogP contribution is -2.38. The molecule has 0 atom stereocenters. The second-order valence-electron chi connectivity index (χ2n) is 7.55. The van der Waals surface area contributed by atoms with Gasteiger partial charge in [-0.05, 0) is 42.5 Å². The van der Waals surface area contributed by atoms with E-state index in [1.807, 2.05) is 24.1 Å². The summed E-state index contributed by atoms with van der Waals surface area (Å²) >= 11 is 0. The summed E-state index contributed by atoms with van der Waals surface area (Å²) in [5, 5.41) is 0. The normalized spacial score (nSPS) is 17.7. The van der Waals surface area contributed by atoms with Gasteiger partial charge in [0.15, 0.2) is 0 Å². The Balaban J connectivity index is 1.44. The molecule has 0 radical (unpaired) electrons. The quantitative estimate of drug-likeness (QED) is 0.839. The monoisotopic (exact) mass is 349 g/mol. The third-order valence-corrected chi connectivity index (χ3v) is 5.89. The van der Waals surface area contributed by atoms with Crippen molar-refractivity contribution in [2.24, 2.45) is 0 Å². The van der Waals surface area contributed by atoms with Crippen LogP contribution in [0.25, 0.3) is 0 Å². The Labute approximate surface area is 155 Å². The molecule has 4 rings (SSSR count). The molecule has 0 spiro atoms. The van der Waals surface area contributed by atoms with E-state index < -0.39 is 0 Å². The van der Waals surface area contributed by atoms with Gasteiger partial charge < -0.3 is 9.80 Å². The highest BCUT2D eigenvalue weighted by atomic mass is 16.2. The van der Waals surface area contributed by atoms with E-state index in [0.717, 1.165) is 38.2 Å². The van der Waals surface area contributed by atoms with Gasteiger partial charge in [0.1, 0.15) is 5.82 Å². The summed E-state index contributed by atoms with van der Waals surface area (Å²) in [6.45, 7) is 1.86. The van der Waals surface area contributed by atoms with Crippen LogP contribution in [0.15, 0.2) is 42.6 Å². The van der Waals surface area contributed by atoms with Gasteiger partial charge in [-0.3, -0.25) is 4.79 Å². The fourth-order valence-electron chi connectivity index (χ4n) is 4.23. The summed E-state index contributed by atoms with van der Waals surface area (Å²) in [5.41, 5.74) is 3.50. The van der Waals surface area contributed by atoms with Crippen LogP contribution in [0.3, 0.4) is 0 Å². The van der Waals surface area contributed by atoms with Gasteiger partial charge in [0.2, 0.25) is 0 Å². The summed E-state index contributed by atoms with van der Waals surface area (Å²) in [6, 6.07) is 12.9.